The molecule has 3 rings (SSSR count). The maximum atomic E-state index is 12.1. The number of nitrogens with zero attached hydrogens (tertiary/aromatic N) is 1. The Bertz CT molecular complexity index is 454. The Hall–Kier alpha value is -1.35. The zero-order valence-electron chi connectivity index (χ0n) is 12.8. The molecule has 0 radical (unpaired) electrons. The van der Waals surface area contributed by atoms with Crippen LogP contribution in [0.5, 0.6) is 0 Å². The summed E-state index contributed by atoms with van der Waals surface area (Å²) in [7, 11) is 0. The minimum absolute atomic E-state index is 0.332. The molecular formula is C18H26N2O. The Morgan fingerprint density at radius 3 is 2.62 bits per heavy atom. The summed E-state index contributed by atoms with van der Waals surface area (Å²) in [6.45, 7) is 1.81. The maximum Gasteiger partial charge on any atom is 0.224 e. The van der Waals surface area contributed by atoms with Gasteiger partial charge in [-0.25, -0.2) is 0 Å². The summed E-state index contributed by atoms with van der Waals surface area (Å²) in [5.41, 5.74) is 1.37. The lowest BCUT2D eigenvalue weighted by molar-refractivity contribution is -0.127. The van der Waals surface area contributed by atoms with Crippen molar-refractivity contribution in [3.8, 4) is 0 Å². The molecule has 1 aromatic carbocycles. The number of carbonyl (C=O) groups excluding carboxylic acids is 1. The van der Waals surface area contributed by atoms with Crippen LogP contribution in [0.1, 0.15) is 44.1 Å². The molecule has 0 unspecified atom stereocenters. The van der Waals surface area contributed by atoms with Crippen molar-refractivity contribution in [3.05, 3.63) is 35.9 Å². The van der Waals surface area contributed by atoms with Gasteiger partial charge in [-0.1, -0.05) is 43.2 Å². The van der Waals surface area contributed by atoms with Gasteiger partial charge in [0.15, 0.2) is 0 Å². The quantitative estimate of drug-likeness (QED) is 0.872. The van der Waals surface area contributed by atoms with Crippen LogP contribution in [-0.2, 0) is 11.2 Å². The Morgan fingerprint density at radius 1 is 1.10 bits per heavy atom. The molecule has 1 aliphatic carbocycles. The maximum absolute atomic E-state index is 12.1. The van der Waals surface area contributed by atoms with Crippen molar-refractivity contribution in [2.75, 3.05) is 13.1 Å². The van der Waals surface area contributed by atoms with Crippen molar-refractivity contribution < 1.29 is 4.79 Å². The minimum Gasteiger partial charge on any atom is -0.341 e. The lowest BCUT2D eigenvalue weighted by atomic mass is 10.1. The molecule has 1 aliphatic heterocycles. The van der Waals surface area contributed by atoms with E-state index in [9.17, 15) is 4.79 Å². The molecule has 1 heterocycles. The van der Waals surface area contributed by atoms with Crippen LogP contribution in [-0.4, -0.2) is 36.0 Å². The van der Waals surface area contributed by atoms with Gasteiger partial charge in [-0.2, -0.15) is 0 Å². The van der Waals surface area contributed by atoms with Crippen LogP contribution in [0.25, 0.3) is 0 Å². The van der Waals surface area contributed by atoms with E-state index in [0.717, 1.165) is 25.9 Å². The molecule has 114 valence electrons. The van der Waals surface area contributed by atoms with E-state index in [2.05, 4.69) is 34.5 Å². The van der Waals surface area contributed by atoms with Gasteiger partial charge in [0.05, 0.1) is 0 Å². The number of amides is 1. The number of aryl methyl sites for hydroxylation is 1. The van der Waals surface area contributed by atoms with Crippen LogP contribution in [0, 0.1) is 0 Å². The Labute approximate surface area is 127 Å². The minimum atomic E-state index is 0.332. The van der Waals surface area contributed by atoms with E-state index in [-0.39, 0.29) is 0 Å². The molecule has 2 fully saturated rings. The second kappa shape index (κ2) is 7.08. The van der Waals surface area contributed by atoms with Gasteiger partial charge >= 0.3 is 0 Å². The number of likely N-dealkylation sites (tertiary alicyclic amines) is 1. The molecule has 1 saturated carbocycles. The first-order chi connectivity index (χ1) is 10.3. The fraction of sp³-hybridized carbons (Fsp3) is 0.611. The second-order valence-electron chi connectivity index (χ2n) is 6.48. The molecule has 1 aromatic rings. The first-order valence-electron chi connectivity index (χ1n) is 8.39. The number of nitrogens with one attached hydrogen (secondary N) is 1. The number of carbonyl (C=O) groups is 1. The van der Waals surface area contributed by atoms with Gasteiger partial charge < -0.3 is 10.2 Å². The van der Waals surface area contributed by atoms with E-state index in [4.69, 9.17) is 0 Å². The Morgan fingerprint density at radius 2 is 1.86 bits per heavy atom. The van der Waals surface area contributed by atoms with E-state index in [1.807, 2.05) is 6.07 Å². The zero-order chi connectivity index (χ0) is 14.5. The van der Waals surface area contributed by atoms with Crippen molar-refractivity contribution in [2.24, 2.45) is 0 Å². The summed E-state index contributed by atoms with van der Waals surface area (Å²) in [6, 6.07) is 11.6. The molecule has 21 heavy (non-hydrogen) atoms. The van der Waals surface area contributed by atoms with E-state index in [0.29, 0.717) is 24.4 Å². The van der Waals surface area contributed by atoms with Gasteiger partial charge in [0.25, 0.3) is 0 Å². The summed E-state index contributed by atoms with van der Waals surface area (Å²) >= 11 is 0. The zero-order valence-corrected chi connectivity index (χ0v) is 12.8. The topological polar surface area (TPSA) is 32.3 Å². The first-order valence-corrected chi connectivity index (χ1v) is 8.39. The molecule has 1 saturated heterocycles. The lowest BCUT2D eigenvalue weighted by Crippen LogP contribution is -2.38. The largest absolute Gasteiger partial charge is 0.341 e. The predicted octanol–water partition coefficient (Wildman–Crippen LogP) is 2.75. The van der Waals surface area contributed by atoms with Crippen molar-refractivity contribution in [3.63, 3.8) is 0 Å². The summed E-state index contributed by atoms with van der Waals surface area (Å²) in [5, 5.41) is 3.68. The Kier molecular flexibility index (Phi) is 4.91. The average molecular weight is 286 g/mol. The van der Waals surface area contributed by atoms with E-state index >= 15 is 0 Å². The third kappa shape index (κ3) is 4.07. The molecule has 1 amide bonds. The summed E-state index contributed by atoms with van der Waals surface area (Å²) in [4.78, 5) is 14.1. The highest BCUT2D eigenvalue weighted by molar-refractivity contribution is 5.79. The molecule has 1 N–H and O–H groups in total. The molecule has 3 nitrogen and oxygen atoms in total. The first kappa shape index (κ1) is 14.6. The molecule has 0 aromatic heterocycles. The van der Waals surface area contributed by atoms with Crippen LogP contribution in [0.2, 0.25) is 0 Å². The highest BCUT2D eigenvalue weighted by Gasteiger charge is 2.30. The molecule has 3 heteroatoms. The average Bonchev–Trinajstić information content (AvgIpc) is 3.11. The normalized spacial score (nSPS) is 23.1. The monoisotopic (exact) mass is 286 g/mol. The van der Waals surface area contributed by atoms with E-state index < -0.39 is 0 Å². The third-order valence-electron chi connectivity index (χ3n) is 4.78. The van der Waals surface area contributed by atoms with Gasteiger partial charge in [0, 0.05) is 31.6 Å². The number of hydrogen-bond acceptors (Lipinski definition) is 2. The smallest absolute Gasteiger partial charge is 0.224 e. The van der Waals surface area contributed by atoms with Crippen LogP contribution in [0.3, 0.4) is 0 Å². The van der Waals surface area contributed by atoms with Crippen molar-refractivity contribution >= 4 is 5.91 Å². The highest BCUT2D eigenvalue weighted by Crippen LogP contribution is 2.21. The Balaban J connectivity index is 1.40. The number of benzene rings is 1. The SMILES string of the molecule is O=C1C[C@H](NC2CCCC2)CN1CCCc1ccccc1. The molecule has 1 atom stereocenters. The van der Waals surface area contributed by atoms with E-state index in [1.54, 1.807) is 0 Å². The summed E-state index contributed by atoms with van der Waals surface area (Å²) < 4.78 is 0. The summed E-state index contributed by atoms with van der Waals surface area (Å²) in [6.07, 6.45) is 8.09. The second-order valence-corrected chi connectivity index (χ2v) is 6.48. The highest BCUT2D eigenvalue weighted by atomic mass is 16.2. The summed E-state index contributed by atoms with van der Waals surface area (Å²) in [5.74, 6) is 0.332. The number of hydrogen-bond donors (Lipinski definition) is 1. The van der Waals surface area contributed by atoms with Crippen molar-refractivity contribution in [2.45, 2.75) is 57.0 Å². The van der Waals surface area contributed by atoms with Gasteiger partial charge in [-0.3, -0.25) is 4.79 Å². The fourth-order valence-corrected chi connectivity index (χ4v) is 3.64. The lowest BCUT2D eigenvalue weighted by Gasteiger charge is -2.19. The van der Waals surface area contributed by atoms with Crippen LogP contribution < -0.4 is 5.32 Å². The van der Waals surface area contributed by atoms with Gasteiger partial charge in [0.1, 0.15) is 0 Å². The molecule has 0 bridgehead atoms. The van der Waals surface area contributed by atoms with Gasteiger partial charge in [-0.05, 0) is 31.2 Å². The predicted molar refractivity (Wildman–Crippen MR) is 85.1 cm³/mol. The number of rotatable bonds is 6. The van der Waals surface area contributed by atoms with Crippen LogP contribution in [0.15, 0.2) is 30.3 Å². The molecule has 2 aliphatic rings. The standard InChI is InChI=1S/C18H26N2O/c21-18-13-17(19-16-10-4-5-11-16)14-20(18)12-6-9-15-7-2-1-3-8-15/h1-3,7-8,16-17,19H,4-6,9-14H2/t17-/m0/s1. The van der Waals surface area contributed by atoms with Crippen molar-refractivity contribution in [1.82, 2.24) is 10.2 Å². The van der Waals surface area contributed by atoms with Gasteiger partial charge in [0.2, 0.25) is 5.91 Å². The van der Waals surface area contributed by atoms with Crippen LogP contribution >= 0.6 is 0 Å². The van der Waals surface area contributed by atoms with E-state index in [1.165, 1.54) is 31.2 Å². The third-order valence-corrected chi connectivity index (χ3v) is 4.78. The molecule has 0 spiro atoms. The molecular weight excluding hydrogens is 260 g/mol. The fourth-order valence-electron chi connectivity index (χ4n) is 3.64. The van der Waals surface area contributed by atoms with Crippen molar-refractivity contribution in [1.29, 1.82) is 0 Å². The van der Waals surface area contributed by atoms with Crippen LogP contribution in [0.4, 0.5) is 0 Å². The van der Waals surface area contributed by atoms with Gasteiger partial charge in [-0.15, -0.1) is 0 Å².